The quantitative estimate of drug-likeness (QED) is 0.746. The number of aryl methyl sites for hydroxylation is 1. The summed E-state index contributed by atoms with van der Waals surface area (Å²) in [5.41, 5.74) is -0.000502. The first-order valence-corrected chi connectivity index (χ1v) is 8.38. The molecule has 23 heavy (non-hydrogen) atoms. The second kappa shape index (κ2) is 6.17. The molecule has 1 unspecified atom stereocenters. The van der Waals surface area contributed by atoms with Crippen LogP contribution in [0.15, 0.2) is 54.0 Å². The number of benzene rings is 1. The van der Waals surface area contributed by atoms with E-state index in [1.807, 2.05) is 6.92 Å². The molecule has 0 saturated carbocycles. The summed E-state index contributed by atoms with van der Waals surface area (Å²) < 4.78 is 36.8. The summed E-state index contributed by atoms with van der Waals surface area (Å²) in [6, 6.07) is 6.17. The van der Waals surface area contributed by atoms with E-state index in [0.717, 1.165) is 5.56 Å². The molecule has 1 aromatic rings. The van der Waals surface area contributed by atoms with Crippen LogP contribution in [-0.2, 0) is 19.5 Å². The van der Waals surface area contributed by atoms with Gasteiger partial charge in [0.05, 0.1) is 11.5 Å². The van der Waals surface area contributed by atoms with Gasteiger partial charge in [-0.1, -0.05) is 36.4 Å². The lowest BCUT2D eigenvalue weighted by atomic mass is 10.2. The van der Waals surface area contributed by atoms with Crippen molar-refractivity contribution in [1.82, 2.24) is 4.31 Å². The molecule has 124 valence electrons. The monoisotopic (exact) mass is 337 g/mol. The van der Waals surface area contributed by atoms with E-state index in [9.17, 15) is 13.2 Å². The number of cyclic esters (lactones) is 1. The summed E-state index contributed by atoms with van der Waals surface area (Å²) >= 11 is 0. The Bertz CT molecular complexity index is 738. The van der Waals surface area contributed by atoms with Gasteiger partial charge < -0.3 is 9.47 Å². The van der Waals surface area contributed by atoms with Crippen LogP contribution in [0.5, 0.6) is 0 Å². The highest BCUT2D eigenvalue weighted by molar-refractivity contribution is 7.89. The molecular weight excluding hydrogens is 318 g/mol. The number of ether oxygens (including phenoxy) is 2. The summed E-state index contributed by atoms with van der Waals surface area (Å²) in [6.45, 7) is 10.7. The van der Waals surface area contributed by atoms with Gasteiger partial charge in [-0.15, -0.1) is 0 Å². The molecule has 1 fully saturated rings. The van der Waals surface area contributed by atoms with Gasteiger partial charge in [-0.3, -0.25) is 0 Å². The van der Waals surface area contributed by atoms with Crippen LogP contribution in [-0.4, -0.2) is 37.8 Å². The number of hydrogen-bond acceptors (Lipinski definition) is 5. The number of nitrogens with zero attached hydrogens (tertiary/aromatic N) is 1. The number of amides is 1. The van der Waals surface area contributed by atoms with Gasteiger partial charge in [0, 0.05) is 0 Å². The van der Waals surface area contributed by atoms with Crippen molar-refractivity contribution in [1.29, 1.82) is 0 Å². The van der Waals surface area contributed by atoms with Gasteiger partial charge in [0.1, 0.15) is 6.61 Å². The third-order valence-corrected chi connectivity index (χ3v) is 5.17. The Hall–Kier alpha value is -2.12. The molecule has 1 aliphatic rings. The van der Waals surface area contributed by atoms with E-state index in [4.69, 9.17) is 9.47 Å². The summed E-state index contributed by atoms with van der Waals surface area (Å²) in [7, 11) is -4.14. The molecule has 0 aromatic heterocycles. The molecular formula is C16H19NO5S. The van der Waals surface area contributed by atoms with Crippen LogP contribution < -0.4 is 0 Å². The van der Waals surface area contributed by atoms with Gasteiger partial charge in [0.2, 0.25) is 5.72 Å². The van der Waals surface area contributed by atoms with E-state index in [-0.39, 0.29) is 18.1 Å². The SMILES string of the molecule is C=CC1(OCC(=C)C)COC(=O)N1S(=O)(=O)c1ccc(C)cc1. The summed E-state index contributed by atoms with van der Waals surface area (Å²) in [6.07, 6.45) is 0.263. The van der Waals surface area contributed by atoms with Gasteiger partial charge in [-0.25, -0.2) is 13.2 Å². The van der Waals surface area contributed by atoms with Gasteiger partial charge in [0.15, 0.2) is 0 Å². The van der Waals surface area contributed by atoms with Crippen molar-refractivity contribution in [3.63, 3.8) is 0 Å². The number of carbonyl (C=O) groups excluding carboxylic acids is 1. The Balaban J connectivity index is 2.47. The maximum atomic E-state index is 12.9. The standard InChI is InChI=1S/C16H19NO5S/c1-5-16(22-10-12(2)3)11-21-15(18)17(16)23(19,20)14-8-6-13(4)7-9-14/h5-9H,1-2,10-11H2,3-4H3. The summed E-state index contributed by atoms with van der Waals surface area (Å²) in [4.78, 5) is 12.0. The molecule has 1 atom stereocenters. The molecule has 1 saturated heterocycles. The lowest BCUT2D eigenvalue weighted by molar-refractivity contribution is -0.0465. The van der Waals surface area contributed by atoms with Gasteiger partial charge in [-0.2, -0.15) is 4.31 Å². The van der Waals surface area contributed by atoms with E-state index >= 15 is 0 Å². The minimum absolute atomic E-state index is 0.0212. The molecule has 6 nitrogen and oxygen atoms in total. The molecule has 0 bridgehead atoms. The van der Waals surface area contributed by atoms with Crippen molar-refractivity contribution in [3.8, 4) is 0 Å². The van der Waals surface area contributed by atoms with Crippen LogP contribution in [0.3, 0.4) is 0 Å². The molecule has 0 radical (unpaired) electrons. The van der Waals surface area contributed by atoms with Crippen LogP contribution in [0, 0.1) is 6.92 Å². The lowest BCUT2D eigenvalue weighted by Crippen LogP contribution is -2.51. The molecule has 2 rings (SSSR count). The molecule has 0 aliphatic carbocycles. The zero-order valence-corrected chi connectivity index (χ0v) is 13.9. The Kier molecular flexibility index (Phi) is 4.63. The minimum Gasteiger partial charge on any atom is -0.443 e. The fraction of sp³-hybridized carbons (Fsp3) is 0.312. The first-order valence-electron chi connectivity index (χ1n) is 6.94. The summed E-state index contributed by atoms with van der Waals surface area (Å²) in [5, 5.41) is 0. The van der Waals surface area contributed by atoms with E-state index in [1.165, 1.54) is 18.2 Å². The number of hydrogen-bond donors (Lipinski definition) is 0. The lowest BCUT2D eigenvalue weighted by Gasteiger charge is -2.31. The predicted octanol–water partition coefficient (Wildman–Crippen LogP) is 2.61. The van der Waals surface area contributed by atoms with E-state index < -0.39 is 21.8 Å². The van der Waals surface area contributed by atoms with Crippen molar-refractivity contribution in [2.24, 2.45) is 0 Å². The van der Waals surface area contributed by atoms with Crippen LogP contribution in [0.4, 0.5) is 4.79 Å². The largest absolute Gasteiger partial charge is 0.443 e. The second-order valence-corrected chi connectivity index (χ2v) is 7.22. The van der Waals surface area contributed by atoms with Crippen LogP contribution >= 0.6 is 0 Å². The summed E-state index contributed by atoms with van der Waals surface area (Å²) in [5.74, 6) is 0. The molecule has 1 aromatic carbocycles. The average Bonchev–Trinajstić information content (AvgIpc) is 2.84. The minimum atomic E-state index is -4.14. The average molecular weight is 337 g/mol. The molecule has 1 amide bonds. The van der Waals surface area contributed by atoms with E-state index in [2.05, 4.69) is 13.2 Å². The Labute approximate surface area is 136 Å². The number of sulfonamides is 1. The molecule has 1 heterocycles. The van der Waals surface area contributed by atoms with Crippen molar-refractivity contribution in [2.45, 2.75) is 24.5 Å². The number of rotatable bonds is 6. The predicted molar refractivity (Wildman–Crippen MR) is 85.2 cm³/mol. The Morgan fingerprint density at radius 3 is 2.57 bits per heavy atom. The zero-order chi connectivity index (χ0) is 17.3. The van der Waals surface area contributed by atoms with Crippen LogP contribution in [0.25, 0.3) is 0 Å². The maximum Gasteiger partial charge on any atom is 0.426 e. The van der Waals surface area contributed by atoms with Crippen LogP contribution in [0.2, 0.25) is 0 Å². The first-order chi connectivity index (χ1) is 10.7. The highest BCUT2D eigenvalue weighted by Gasteiger charge is 2.53. The third kappa shape index (κ3) is 3.16. The Morgan fingerprint density at radius 1 is 1.43 bits per heavy atom. The number of carbonyl (C=O) groups is 1. The molecule has 0 spiro atoms. The molecule has 1 aliphatic heterocycles. The topological polar surface area (TPSA) is 72.9 Å². The second-order valence-electron chi connectivity index (χ2n) is 5.43. The smallest absolute Gasteiger partial charge is 0.426 e. The van der Waals surface area contributed by atoms with Crippen molar-refractivity contribution in [2.75, 3.05) is 13.2 Å². The van der Waals surface area contributed by atoms with Crippen molar-refractivity contribution >= 4 is 16.1 Å². The Morgan fingerprint density at radius 2 is 2.04 bits per heavy atom. The van der Waals surface area contributed by atoms with E-state index in [0.29, 0.717) is 9.88 Å². The zero-order valence-electron chi connectivity index (χ0n) is 13.1. The van der Waals surface area contributed by atoms with Crippen LogP contribution in [0.1, 0.15) is 12.5 Å². The normalized spacial score (nSPS) is 21.1. The highest BCUT2D eigenvalue weighted by Crippen LogP contribution is 2.33. The molecule has 0 N–H and O–H groups in total. The fourth-order valence-corrected chi connectivity index (χ4v) is 3.63. The third-order valence-electron chi connectivity index (χ3n) is 3.36. The van der Waals surface area contributed by atoms with Crippen molar-refractivity contribution < 1.29 is 22.7 Å². The van der Waals surface area contributed by atoms with Crippen molar-refractivity contribution in [3.05, 3.63) is 54.6 Å². The van der Waals surface area contributed by atoms with Gasteiger partial charge in [0.25, 0.3) is 10.0 Å². The highest BCUT2D eigenvalue weighted by atomic mass is 32.2. The fourth-order valence-electron chi connectivity index (χ4n) is 2.10. The molecule has 7 heteroatoms. The van der Waals surface area contributed by atoms with Gasteiger partial charge in [-0.05, 0) is 32.1 Å². The van der Waals surface area contributed by atoms with E-state index in [1.54, 1.807) is 19.1 Å². The van der Waals surface area contributed by atoms with Gasteiger partial charge >= 0.3 is 6.09 Å². The first kappa shape index (κ1) is 17.2. The maximum absolute atomic E-state index is 12.9.